The van der Waals surface area contributed by atoms with Gasteiger partial charge in [0.2, 0.25) is 0 Å². The van der Waals surface area contributed by atoms with Gasteiger partial charge in [-0.25, -0.2) is 4.39 Å². The van der Waals surface area contributed by atoms with Crippen LogP contribution in [-0.4, -0.2) is 23.0 Å². The van der Waals surface area contributed by atoms with Crippen LogP contribution in [0.25, 0.3) is 0 Å². The fraction of sp³-hybridized carbons (Fsp3) is 0.588. The highest BCUT2D eigenvalue weighted by Gasteiger charge is 2.28. The lowest BCUT2D eigenvalue weighted by Crippen LogP contribution is -2.37. The highest BCUT2D eigenvalue weighted by Crippen LogP contribution is 2.34. The van der Waals surface area contributed by atoms with E-state index in [1.807, 2.05) is 6.07 Å². The molecule has 0 amide bonds. The molecule has 0 spiro atoms. The zero-order valence-electron chi connectivity index (χ0n) is 13.2. The lowest BCUT2D eigenvalue weighted by Gasteiger charge is -2.38. The summed E-state index contributed by atoms with van der Waals surface area (Å²) >= 11 is 4.89. The summed E-state index contributed by atoms with van der Waals surface area (Å²) in [5.41, 5.74) is 7.38. The second-order valence-corrected chi connectivity index (χ2v) is 7.53. The van der Waals surface area contributed by atoms with Crippen molar-refractivity contribution in [3.63, 3.8) is 0 Å². The minimum absolute atomic E-state index is 0.126. The van der Waals surface area contributed by atoms with Crippen LogP contribution in [0.15, 0.2) is 18.2 Å². The number of thiocarbonyl (C=S) groups is 1. The molecule has 4 heteroatoms. The van der Waals surface area contributed by atoms with Gasteiger partial charge in [0.15, 0.2) is 0 Å². The van der Waals surface area contributed by atoms with E-state index in [0.717, 1.165) is 31.1 Å². The zero-order valence-corrected chi connectivity index (χ0v) is 14.0. The Labute approximate surface area is 132 Å². The average Bonchev–Trinajstić information content (AvgIpc) is 2.40. The third-order valence-corrected chi connectivity index (χ3v) is 4.73. The number of nitrogens with two attached hydrogens (primary N) is 1. The first-order valence-electron chi connectivity index (χ1n) is 7.58. The van der Waals surface area contributed by atoms with E-state index in [9.17, 15) is 4.39 Å². The smallest absolute Gasteiger partial charge is 0.133 e. The number of hydrogen-bond donors (Lipinski definition) is 1. The summed E-state index contributed by atoms with van der Waals surface area (Å²) in [7, 11) is 0. The summed E-state index contributed by atoms with van der Waals surface area (Å²) in [6.45, 7) is 10.0. The van der Waals surface area contributed by atoms with Crippen molar-refractivity contribution < 1.29 is 4.39 Å². The maximum atomic E-state index is 13.6. The zero-order chi connectivity index (χ0) is 15.6. The highest BCUT2D eigenvalue weighted by atomic mass is 32.1. The van der Waals surface area contributed by atoms with Crippen LogP contribution in [0.5, 0.6) is 0 Å². The van der Waals surface area contributed by atoms with E-state index in [1.54, 1.807) is 6.07 Å². The van der Waals surface area contributed by atoms with Crippen molar-refractivity contribution in [3.05, 3.63) is 35.1 Å². The minimum Gasteiger partial charge on any atom is -0.389 e. The van der Waals surface area contributed by atoms with Gasteiger partial charge in [0, 0.05) is 12.1 Å². The van der Waals surface area contributed by atoms with Crippen LogP contribution in [-0.2, 0) is 6.54 Å². The van der Waals surface area contributed by atoms with Gasteiger partial charge in [-0.15, -0.1) is 0 Å². The van der Waals surface area contributed by atoms with Gasteiger partial charge in [0.05, 0.1) is 0 Å². The Hall–Kier alpha value is -1.00. The molecule has 2 N–H and O–H groups in total. The van der Waals surface area contributed by atoms with Crippen molar-refractivity contribution in [2.45, 2.75) is 40.2 Å². The number of piperidine rings is 1. The van der Waals surface area contributed by atoms with Crippen LogP contribution in [0.2, 0.25) is 0 Å². The van der Waals surface area contributed by atoms with Gasteiger partial charge < -0.3 is 5.73 Å². The first-order valence-corrected chi connectivity index (χ1v) is 7.99. The largest absolute Gasteiger partial charge is 0.389 e. The Morgan fingerprint density at radius 2 is 1.95 bits per heavy atom. The number of hydrogen-bond acceptors (Lipinski definition) is 2. The third kappa shape index (κ3) is 4.24. The maximum absolute atomic E-state index is 13.6. The molecule has 1 fully saturated rings. The molecule has 21 heavy (non-hydrogen) atoms. The van der Waals surface area contributed by atoms with E-state index in [-0.39, 0.29) is 10.8 Å². The van der Waals surface area contributed by atoms with Crippen LogP contribution < -0.4 is 5.73 Å². The fourth-order valence-corrected chi connectivity index (χ4v) is 3.23. The van der Waals surface area contributed by atoms with Gasteiger partial charge in [0.25, 0.3) is 0 Å². The standard InChI is InChI=1S/C17H25FN2S/c1-17(2,3)13-6-8-20(9-7-13)11-12-4-5-15(18)14(10-12)16(19)21/h4-5,10,13H,6-9,11H2,1-3H3,(H2,19,21). The van der Waals surface area contributed by atoms with Crippen LogP contribution in [0.4, 0.5) is 4.39 Å². The molecule has 0 saturated carbocycles. The topological polar surface area (TPSA) is 29.3 Å². The Morgan fingerprint density at radius 3 is 2.48 bits per heavy atom. The SMILES string of the molecule is CC(C)(C)C1CCN(Cc2ccc(F)c(C(N)=S)c2)CC1. The molecular formula is C17H25FN2S. The molecule has 0 bridgehead atoms. The van der Waals surface area contributed by atoms with Crippen molar-refractivity contribution in [2.75, 3.05) is 13.1 Å². The molecule has 0 atom stereocenters. The molecule has 2 nitrogen and oxygen atoms in total. The number of halogens is 1. The number of benzene rings is 1. The molecule has 1 aliphatic heterocycles. The lowest BCUT2D eigenvalue weighted by molar-refractivity contribution is 0.108. The van der Waals surface area contributed by atoms with E-state index < -0.39 is 0 Å². The van der Waals surface area contributed by atoms with Crippen LogP contribution in [0.1, 0.15) is 44.7 Å². The number of rotatable bonds is 3. The van der Waals surface area contributed by atoms with Crippen molar-refractivity contribution in [3.8, 4) is 0 Å². The molecule has 1 heterocycles. The second kappa shape index (κ2) is 6.41. The summed E-state index contributed by atoms with van der Waals surface area (Å²) in [5, 5.41) is 0. The Bertz CT molecular complexity index is 514. The minimum atomic E-state index is -0.335. The van der Waals surface area contributed by atoms with Crippen molar-refractivity contribution in [2.24, 2.45) is 17.1 Å². The molecule has 0 unspecified atom stereocenters. The summed E-state index contributed by atoms with van der Waals surface area (Å²) in [6.07, 6.45) is 2.46. The molecule has 1 aromatic rings. The van der Waals surface area contributed by atoms with E-state index >= 15 is 0 Å². The molecule has 1 aliphatic rings. The quantitative estimate of drug-likeness (QED) is 0.863. The summed E-state index contributed by atoms with van der Waals surface area (Å²) < 4.78 is 13.6. The molecular weight excluding hydrogens is 283 g/mol. The molecule has 2 rings (SSSR count). The number of likely N-dealkylation sites (tertiary alicyclic amines) is 1. The molecule has 116 valence electrons. The summed E-state index contributed by atoms with van der Waals surface area (Å²) in [4.78, 5) is 2.56. The third-order valence-electron chi connectivity index (χ3n) is 4.51. The Morgan fingerprint density at radius 1 is 1.33 bits per heavy atom. The number of nitrogens with zero attached hydrogens (tertiary/aromatic N) is 1. The summed E-state index contributed by atoms with van der Waals surface area (Å²) in [5.74, 6) is 0.451. The van der Waals surface area contributed by atoms with Crippen LogP contribution in [0, 0.1) is 17.2 Å². The molecule has 1 saturated heterocycles. The van der Waals surface area contributed by atoms with Crippen LogP contribution in [0.3, 0.4) is 0 Å². The molecule has 0 aliphatic carbocycles. The van der Waals surface area contributed by atoms with Gasteiger partial charge in [-0.3, -0.25) is 4.90 Å². The molecule has 0 aromatic heterocycles. The first-order chi connectivity index (χ1) is 9.77. The van der Waals surface area contributed by atoms with Crippen molar-refractivity contribution in [1.29, 1.82) is 0 Å². The Balaban J connectivity index is 1.98. The Kier molecular flexibility index (Phi) is 4.99. The predicted molar refractivity (Wildman–Crippen MR) is 89.7 cm³/mol. The van der Waals surface area contributed by atoms with Crippen LogP contribution >= 0.6 is 12.2 Å². The van der Waals surface area contributed by atoms with Gasteiger partial charge >= 0.3 is 0 Å². The monoisotopic (exact) mass is 308 g/mol. The normalized spacial score (nSPS) is 17.9. The van der Waals surface area contributed by atoms with E-state index in [0.29, 0.717) is 11.0 Å². The first kappa shape index (κ1) is 16.4. The van der Waals surface area contributed by atoms with Crippen molar-refractivity contribution >= 4 is 17.2 Å². The molecule has 0 radical (unpaired) electrons. The average molecular weight is 308 g/mol. The van der Waals surface area contributed by atoms with Gasteiger partial charge in [-0.2, -0.15) is 0 Å². The lowest BCUT2D eigenvalue weighted by atomic mass is 9.75. The van der Waals surface area contributed by atoms with Crippen molar-refractivity contribution in [1.82, 2.24) is 4.90 Å². The van der Waals surface area contributed by atoms with Gasteiger partial charge in [-0.05, 0) is 55.0 Å². The fourth-order valence-electron chi connectivity index (χ4n) is 3.07. The van der Waals surface area contributed by atoms with Gasteiger partial charge in [0.1, 0.15) is 10.8 Å². The van der Waals surface area contributed by atoms with E-state index in [1.165, 1.54) is 18.9 Å². The van der Waals surface area contributed by atoms with E-state index in [2.05, 4.69) is 25.7 Å². The second-order valence-electron chi connectivity index (χ2n) is 7.09. The maximum Gasteiger partial charge on any atom is 0.133 e. The molecule has 1 aromatic carbocycles. The van der Waals surface area contributed by atoms with E-state index in [4.69, 9.17) is 18.0 Å². The van der Waals surface area contributed by atoms with Gasteiger partial charge in [-0.1, -0.05) is 39.1 Å². The summed E-state index contributed by atoms with van der Waals surface area (Å²) in [6, 6.07) is 5.08. The highest BCUT2D eigenvalue weighted by molar-refractivity contribution is 7.80. The predicted octanol–water partition coefficient (Wildman–Crippen LogP) is 3.72.